The predicted octanol–water partition coefficient (Wildman–Crippen LogP) is -1.27. The molecule has 0 aliphatic heterocycles. The summed E-state index contributed by atoms with van der Waals surface area (Å²) in [6.45, 7) is 0. The minimum absolute atomic E-state index is 1.48. The van der Waals surface area contributed by atoms with E-state index >= 15 is 0 Å². The van der Waals surface area contributed by atoms with E-state index in [9.17, 15) is 9.46 Å². The molecule has 0 aliphatic rings. The van der Waals surface area contributed by atoms with E-state index in [-0.39, 0.29) is 0 Å². The average Bonchev–Trinajstić information content (AvgIpc) is 1.35. The van der Waals surface area contributed by atoms with Crippen LogP contribution in [0.15, 0.2) is 0 Å². The molecule has 1 unspecified atom stereocenters. The molecule has 4 nitrogen and oxygen atoms in total. The molecule has 0 fully saturated rings. The Bertz CT molecular complexity index is 55.5. The Kier molecular flexibility index (Phi) is 3.17. The Morgan fingerprint density at radius 3 is 2.33 bits per heavy atom. The van der Waals surface area contributed by atoms with E-state index in [2.05, 4.69) is 5.43 Å². The van der Waals surface area contributed by atoms with Gasteiger partial charge in [-0.1, -0.05) is 4.57 Å². The standard InChI is InChI=1S/CH5N2O2P/c1-2-3-6(4)5/h2H,1H3,(H,3,4,5). The van der Waals surface area contributed by atoms with Crippen LogP contribution in [0.3, 0.4) is 0 Å². The molecule has 0 saturated carbocycles. The lowest BCUT2D eigenvalue weighted by Gasteiger charge is -1.83. The molecule has 36 valence electrons. The number of hydrogen-bond donors (Lipinski definition) is 2. The molecule has 5 heteroatoms. The lowest BCUT2D eigenvalue weighted by molar-refractivity contribution is -0.167. The summed E-state index contributed by atoms with van der Waals surface area (Å²) < 4.78 is 9.46. The van der Waals surface area contributed by atoms with Crippen LogP contribution in [-0.2, 0) is 4.57 Å². The highest BCUT2D eigenvalue weighted by Gasteiger charge is 1.88. The zero-order chi connectivity index (χ0) is 4.99. The number of rotatable bonds is 2. The Morgan fingerprint density at radius 1 is 1.83 bits per heavy atom. The van der Waals surface area contributed by atoms with E-state index in [0.717, 1.165) is 0 Å². The quantitative estimate of drug-likeness (QED) is 0.342. The third-order valence-corrected chi connectivity index (χ3v) is 0.609. The van der Waals surface area contributed by atoms with Crippen LogP contribution in [0.5, 0.6) is 0 Å². The first-order valence-electron chi connectivity index (χ1n) is 1.34. The molecule has 0 aliphatic carbocycles. The molecule has 0 radical (unpaired) electrons. The van der Waals surface area contributed by atoms with Gasteiger partial charge in [0.25, 0.3) is 0 Å². The fourth-order valence-electron chi connectivity index (χ4n) is 0.0913. The van der Waals surface area contributed by atoms with Crippen LogP contribution in [0.4, 0.5) is 0 Å². The van der Waals surface area contributed by atoms with Gasteiger partial charge in [0.05, 0.1) is 0 Å². The van der Waals surface area contributed by atoms with Crippen molar-refractivity contribution < 1.29 is 9.46 Å². The molecule has 0 bridgehead atoms. The van der Waals surface area contributed by atoms with Crippen LogP contribution in [0.1, 0.15) is 0 Å². The summed E-state index contributed by atoms with van der Waals surface area (Å²) in [5.41, 5.74) is 2.22. The van der Waals surface area contributed by atoms with Crippen LogP contribution in [0.2, 0.25) is 0 Å². The molecule has 0 aromatic heterocycles. The molecule has 0 heterocycles. The van der Waals surface area contributed by atoms with Crippen LogP contribution < -0.4 is 15.5 Å². The van der Waals surface area contributed by atoms with Crippen molar-refractivity contribution in [2.45, 2.75) is 0 Å². The maximum absolute atomic E-state index is 9.46. The highest BCUT2D eigenvalue weighted by Crippen LogP contribution is 1.90. The average molecular weight is 108 g/mol. The van der Waals surface area contributed by atoms with Crippen molar-refractivity contribution in [1.82, 2.24) is 10.6 Å². The molecule has 0 aromatic rings. The molecule has 1 atom stereocenters. The largest absolute Gasteiger partial charge is 0.577 e. The zero-order valence-electron chi connectivity index (χ0n) is 3.26. The van der Waals surface area contributed by atoms with E-state index in [1.165, 1.54) is 7.05 Å². The topological polar surface area (TPSA) is 64.2 Å². The van der Waals surface area contributed by atoms with E-state index in [4.69, 9.17) is 0 Å². The normalized spacial score (nSPS) is 11.3. The Balaban J connectivity index is 2.83. The first-order valence-corrected chi connectivity index (χ1v) is 2.52. The van der Waals surface area contributed by atoms with Gasteiger partial charge in [-0.15, -0.1) is 0 Å². The van der Waals surface area contributed by atoms with Gasteiger partial charge in [0.15, 0.2) is 0 Å². The predicted molar refractivity (Wildman–Crippen MR) is 19.8 cm³/mol. The second-order valence-electron chi connectivity index (χ2n) is 0.619. The van der Waals surface area contributed by atoms with Crippen molar-refractivity contribution in [3.63, 3.8) is 0 Å². The van der Waals surface area contributed by atoms with E-state index in [1.807, 2.05) is 5.20 Å². The molecule has 0 aromatic carbocycles. The Morgan fingerprint density at radius 2 is 2.33 bits per heavy atom. The van der Waals surface area contributed by atoms with Crippen LogP contribution in [-0.4, -0.2) is 7.05 Å². The fraction of sp³-hybridized carbons (Fsp3) is 1.00. The summed E-state index contributed by atoms with van der Waals surface area (Å²) in [6.07, 6.45) is 0. The highest BCUT2D eigenvalue weighted by atomic mass is 31.1. The van der Waals surface area contributed by atoms with Crippen molar-refractivity contribution in [3.05, 3.63) is 0 Å². The number of nitrogens with one attached hydrogen (secondary N) is 2. The summed E-state index contributed by atoms with van der Waals surface area (Å²) >= 11 is 0. The van der Waals surface area contributed by atoms with Gasteiger partial charge >= 0.3 is 8.18 Å². The molecule has 0 amide bonds. The van der Waals surface area contributed by atoms with Gasteiger partial charge in [0.1, 0.15) is 0 Å². The Hall–Kier alpha value is -0.0200. The lowest BCUT2D eigenvalue weighted by atomic mass is 11.5. The molecule has 0 spiro atoms. The van der Waals surface area contributed by atoms with Crippen molar-refractivity contribution in [1.29, 1.82) is 0 Å². The summed E-state index contributed by atoms with van der Waals surface area (Å²) in [4.78, 5) is 9.46. The number of hydrogen-bond acceptors (Lipinski definition) is 3. The van der Waals surface area contributed by atoms with Gasteiger partial charge in [0, 0.05) is 7.05 Å². The van der Waals surface area contributed by atoms with Crippen LogP contribution in [0, 0.1) is 0 Å². The third-order valence-electron chi connectivity index (χ3n) is 0.203. The molecular weight excluding hydrogens is 103 g/mol. The summed E-state index contributed by atoms with van der Waals surface area (Å²) in [7, 11) is -0.984. The number of hydrazine groups is 1. The SMILES string of the molecule is CNN[P+](=O)[O-]. The van der Waals surface area contributed by atoms with Crippen molar-refractivity contribution >= 4 is 8.18 Å². The van der Waals surface area contributed by atoms with Crippen molar-refractivity contribution in [2.24, 2.45) is 0 Å². The highest BCUT2D eigenvalue weighted by molar-refractivity contribution is 7.33. The van der Waals surface area contributed by atoms with Crippen LogP contribution in [0.25, 0.3) is 0 Å². The minimum Gasteiger partial charge on any atom is -0.577 e. The van der Waals surface area contributed by atoms with Gasteiger partial charge in [-0.3, -0.25) is 0 Å². The molecule has 0 saturated heterocycles. The fourth-order valence-corrected chi connectivity index (χ4v) is 0.274. The molecule has 6 heavy (non-hydrogen) atoms. The van der Waals surface area contributed by atoms with Gasteiger partial charge < -0.3 is 4.89 Å². The first kappa shape index (κ1) is 5.98. The van der Waals surface area contributed by atoms with Crippen molar-refractivity contribution in [2.75, 3.05) is 7.05 Å². The molecule has 0 rings (SSSR count). The maximum atomic E-state index is 9.46. The summed E-state index contributed by atoms with van der Waals surface area (Å²) in [6, 6.07) is 0. The smallest absolute Gasteiger partial charge is 0.423 e. The summed E-state index contributed by atoms with van der Waals surface area (Å²) in [5.74, 6) is 0. The molecular formula is CH5N2O2P. The van der Waals surface area contributed by atoms with Gasteiger partial charge in [-0.2, -0.15) is 0 Å². The second kappa shape index (κ2) is 3.18. The minimum atomic E-state index is -2.46. The zero-order valence-corrected chi connectivity index (χ0v) is 4.16. The van der Waals surface area contributed by atoms with Crippen LogP contribution >= 0.6 is 8.18 Å². The first-order chi connectivity index (χ1) is 2.77. The second-order valence-corrected chi connectivity index (χ2v) is 1.36. The maximum Gasteiger partial charge on any atom is 0.423 e. The van der Waals surface area contributed by atoms with E-state index in [0.29, 0.717) is 0 Å². The monoisotopic (exact) mass is 108 g/mol. The van der Waals surface area contributed by atoms with Gasteiger partial charge in [-0.05, 0) is 5.20 Å². The van der Waals surface area contributed by atoms with E-state index in [1.54, 1.807) is 0 Å². The summed E-state index contributed by atoms with van der Waals surface area (Å²) in [5, 5.41) is 1.91. The van der Waals surface area contributed by atoms with Gasteiger partial charge in [-0.25, -0.2) is 5.43 Å². The van der Waals surface area contributed by atoms with Crippen molar-refractivity contribution in [3.8, 4) is 0 Å². The third kappa shape index (κ3) is 3.98. The Labute approximate surface area is 36.5 Å². The molecule has 2 N–H and O–H groups in total. The lowest BCUT2D eigenvalue weighted by Crippen LogP contribution is -2.22. The van der Waals surface area contributed by atoms with Gasteiger partial charge in [0.2, 0.25) is 0 Å². The van der Waals surface area contributed by atoms with E-state index < -0.39 is 8.18 Å².